The van der Waals surface area contributed by atoms with Crippen molar-refractivity contribution in [2.75, 3.05) is 33.9 Å². The molecule has 0 unspecified atom stereocenters. The number of carbonyl (C=O) groups excluding carboxylic acids is 1. The third kappa shape index (κ3) is 3.84. The van der Waals surface area contributed by atoms with Crippen LogP contribution in [0.5, 0.6) is 11.5 Å². The van der Waals surface area contributed by atoms with Crippen molar-refractivity contribution >= 4 is 5.91 Å². The number of hydrogen-bond donors (Lipinski definition) is 0. The van der Waals surface area contributed by atoms with Crippen LogP contribution in [-0.2, 0) is 22.6 Å². The lowest BCUT2D eigenvalue weighted by Crippen LogP contribution is -2.53. The number of methoxy groups -OCH3 is 2. The molecule has 2 aromatic carbocycles. The molecule has 2 aromatic rings. The number of amides is 1. The molecule has 0 saturated carbocycles. The van der Waals surface area contributed by atoms with Crippen LogP contribution in [0.25, 0.3) is 0 Å². The highest BCUT2D eigenvalue weighted by Gasteiger charge is 2.43. The van der Waals surface area contributed by atoms with E-state index in [9.17, 15) is 4.79 Å². The van der Waals surface area contributed by atoms with Gasteiger partial charge in [0.25, 0.3) is 0 Å². The Bertz CT molecular complexity index is 824. The molecular weight excluding hydrogens is 356 g/mol. The topological polar surface area (TPSA) is 51.2 Å². The Kier molecular flexibility index (Phi) is 5.50. The van der Waals surface area contributed by atoms with Crippen LogP contribution in [0.2, 0.25) is 0 Å². The predicted molar refractivity (Wildman–Crippen MR) is 105 cm³/mol. The molecule has 6 nitrogen and oxygen atoms in total. The van der Waals surface area contributed by atoms with Crippen molar-refractivity contribution in [3.05, 3.63) is 59.7 Å². The number of hydrogen-bond acceptors (Lipinski definition) is 5. The first kappa shape index (κ1) is 18.8. The van der Waals surface area contributed by atoms with Gasteiger partial charge in [-0.15, -0.1) is 0 Å². The van der Waals surface area contributed by atoms with Crippen LogP contribution in [0.4, 0.5) is 0 Å². The van der Waals surface area contributed by atoms with E-state index in [0.717, 1.165) is 42.3 Å². The van der Waals surface area contributed by atoms with E-state index in [2.05, 4.69) is 11.0 Å². The summed E-state index contributed by atoms with van der Waals surface area (Å²) < 4.78 is 16.6. The SMILES string of the molecule is COc1ccc(CN2C(=O)CO[C@H]3CN(Cc4ccccc4OC)C[C@H]32)cc1. The van der Waals surface area contributed by atoms with Crippen LogP contribution >= 0.6 is 0 Å². The average molecular weight is 382 g/mol. The van der Waals surface area contributed by atoms with Crippen LogP contribution < -0.4 is 9.47 Å². The molecule has 2 saturated heterocycles. The van der Waals surface area contributed by atoms with Gasteiger partial charge in [-0.2, -0.15) is 0 Å². The van der Waals surface area contributed by atoms with Crippen LogP contribution in [0, 0.1) is 0 Å². The second-order valence-corrected chi connectivity index (χ2v) is 7.29. The maximum absolute atomic E-state index is 12.6. The number of benzene rings is 2. The van der Waals surface area contributed by atoms with Crippen LogP contribution in [0.15, 0.2) is 48.5 Å². The van der Waals surface area contributed by atoms with Gasteiger partial charge in [-0.25, -0.2) is 0 Å². The number of carbonyl (C=O) groups is 1. The summed E-state index contributed by atoms with van der Waals surface area (Å²) in [6.07, 6.45) is 0.0469. The molecule has 2 aliphatic heterocycles. The zero-order valence-corrected chi connectivity index (χ0v) is 16.3. The summed E-state index contributed by atoms with van der Waals surface area (Å²) in [6, 6.07) is 16.0. The minimum atomic E-state index is 0.0469. The van der Waals surface area contributed by atoms with Crippen molar-refractivity contribution in [2.24, 2.45) is 0 Å². The second kappa shape index (κ2) is 8.20. The molecule has 2 fully saturated rings. The Morgan fingerprint density at radius 1 is 1.00 bits per heavy atom. The van der Waals surface area contributed by atoms with Crippen molar-refractivity contribution in [1.29, 1.82) is 0 Å². The van der Waals surface area contributed by atoms with Crippen molar-refractivity contribution in [2.45, 2.75) is 25.2 Å². The summed E-state index contributed by atoms with van der Waals surface area (Å²) >= 11 is 0. The first-order valence-electron chi connectivity index (χ1n) is 9.56. The zero-order valence-electron chi connectivity index (χ0n) is 16.3. The molecule has 4 rings (SSSR count). The van der Waals surface area contributed by atoms with Crippen LogP contribution in [0.3, 0.4) is 0 Å². The Balaban J connectivity index is 1.46. The molecule has 0 radical (unpaired) electrons. The molecule has 148 valence electrons. The molecule has 2 atom stereocenters. The summed E-state index contributed by atoms with van der Waals surface area (Å²) in [5.41, 5.74) is 2.25. The minimum absolute atomic E-state index is 0.0469. The molecule has 28 heavy (non-hydrogen) atoms. The van der Waals surface area contributed by atoms with Gasteiger partial charge in [-0.3, -0.25) is 9.69 Å². The lowest BCUT2D eigenvalue weighted by Gasteiger charge is -2.36. The number of likely N-dealkylation sites (tertiary alicyclic amines) is 1. The van der Waals surface area contributed by atoms with Gasteiger partial charge in [0.1, 0.15) is 18.1 Å². The highest BCUT2D eigenvalue weighted by molar-refractivity contribution is 5.78. The minimum Gasteiger partial charge on any atom is -0.497 e. The number of para-hydroxylation sites is 1. The zero-order chi connectivity index (χ0) is 19.5. The van der Waals surface area contributed by atoms with Crippen LogP contribution in [-0.4, -0.2) is 61.8 Å². The fourth-order valence-electron chi connectivity index (χ4n) is 4.08. The Morgan fingerprint density at radius 3 is 2.54 bits per heavy atom. The molecule has 0 spiro atoms. The summed E-state index contributed by atoms with van der Waals surface area (Å²) in [7, 11) is 3.35. The number of morpholine rings is 1. The van der Waals surface area contributed by atoms with Gasteiger partial charge in [0, 0.05) is 31.7 Å². The van der Waals surface area contributed by atoms with Gasteiger partial charge in [0.15, 0.2) is 0 Å². The molecular formula is C22H26N2O4. The number of fused-ring (bicyclic) bond motifs is 1. The monoisotopic (exact) mass is 382 g/mol. The Hall–Kier alpha value is -2.57. The van der Waals surface area contributed by atoms with E-state index in [4.69, 9.17) is 14.2 Å². The van der Waals surface area contributed by atoms with E-state index in [0.29, 0.717) is 6.54 Å². The molecule has 0 aromatic heterocycles. The molecule has 0 aliphatic carbocycles. The smallest absolute Gasteiger partial charge is 0.249 e. The maximum Gasteiger partial charge on any atom is 0.249 e. The fourth-order valence-corrected chi connectivity index (χ4v) is 4.08. The molecule has 0 bridgehead atoms. The van der Waals surface area contributed by atoms with E-state index in [1.165, 1.54) is 0 Å². The standard InChI is InChI=1S/C22H26N2O4/c1-26-18-9-7-16(8-10-18)11-24-19-13-23(14-21(19)28-15-22(24)25)12-17-5-3-4-6-20(17)27-2/h3-10,19,21H,11-15H2,1-2H3/t19-,21+/m1/s1. The Labute approximate surface area is 165 Å². The van der Waals surface area contributed by atoms with E-state index in [1.54, 1.807) is 14.2 Å². The summed E-state index contributed by atoms with van der Waals surface area (Å²) in [5, 5.41) is 0. The summed E-state index contributed by atoms with van der Waals surface area (Å²) in [6.45, 7) is 3.14. The number of ether oxygens (including phenoxy) is 3. The van der Waals surface area contributed by atoms with E-state index in [-0.39, 0.29) is 24.7 Å². The normalized spacial score (nSPS) is 22.2. The lowest BCUT2D eigenvalue weighted by atomic mass is 10.1. The summed E-state index contributed by atoms with van der Waals surface area (Å²) in [5.74, 6) is 1.76. The molecule has 0 N–H and O–H groups in total. The highest BCUT2D eigenvalue weighted by atomic mass is 16.5. The first-order chi connectivity index (χ1) is 13.7. The van der Waals surface area contributed by atoms with Gasteiger partial charge >= 0.3 is 0 Å². The van der Waals surface area contributed by atoms with Crippen molar-refractivity contribution in [3.8, 4) is 11.5 Å². The Morgan fingerprint density at radius 2 is 1.79 bits per heavy atom. The predicted octanol–water partition coefficient (Wildman–Crippen LogP) is 2.32. The van der Waals surface area contributed by atoms with Gasteiger partial charge in [0.05, 0.1) is 26.4 Å². The van der Waals surface area contributed by atoms with Gasteiger partial charge in [0.2, 0.25) is 5.91 Å². The van der Waals surface area contributed by atoms with Crippen molar-refractivity contribution in [3.63, 3.8) is 0 Å². The molecule has 2 aliphatic rings. The van der Waals surface area contributed by atoms with Gasteiger partial charge in [-0.1, -0.05) is 30.3 Å². The number of nitrogens with zero attached hydrogens (tertiary/aromatic N) is 2. The van der Waals surface area contributed by atoms with Crippen molar-refractivity contribution < 1.29 is 19.0 Å². The lowest BCUT2D eigenvalue weighted by molar-refractivity contribution is -0.153. The maximum atomic E-state index is 12.6. The summed E-state index contributed by atoms with van der Waals surface area (Å²) in [4.78, 5) is 16.9. The first-order valence-corrected chi connectivity index (χ1v) is 9.56. The quantitative estimate of drug-likeness (QED) is 0.768. The average Bonchev–Trinajstić information content (AvgIpc) is 3.14. The largest absolute Gasteiger partial charge is 0.497 e. The molecule has 1 amide bonds. The van der Waals surface area contributed by atoms with Crippen LogP contribution in [0.1, 0.15) is 11.1 Å². The van der Waals surface area contributed by atoms with E-state index < -0.39 is 0 Å². The third-order valence-electron chi connectivity index (χ3n) is 5.55. The van der Waals surface area contributed by atoms with Gasteiger partial charge in [-0.05, 0) is 23.8 Å². The third-order valence-corrected chi connectivity index (χ3v) is 5.55. The fraction of sp³-hybridized carbons (Fsp3) is 0.409. The highest BCUT2D eigenvalue weighted by Crippen LogP contribution is 2.28. The van der Waals surface area contributed by atoms with E-state index >= 15 is 0 Å². The van der Waals surface area contributed by atoms with Gasteiger partial charge < -0.3 is 19.1 Å². The number of rotatable bonds is 6. The molecule has 6 heteroatoms. The second-order valence-electron chi connectivity index (χ2n) is 7.29. The van der Waals surface area contributed by atoms with Crippen molar-refractivity contribution in [1.82, 2.24) is 9.80 Å². The molecule has 2 heterocycles. The van der Waals surface area contributed by atoms with E-state index in [1.807, 2.05) is 47.4 Å².